The number of aliphatic hydroxyl groups is 1. The van der Waals surface area contributed by atoms with Gasteiger partial charge < -0.3 is 19.5 Å². The largest absolute Gasteiger partial charge is 0.459 e. The first-order valence-electron chi connectivity index (χ1n) is 8.84. The summed E-state index contributed by atoms with van der Waals surface area (Å²) in [6.07, 6.45) is 2.86. The van der Waals surface area contributed by atoms with Crippen molar-refractivity contribution in [2.45, 2.75) is 45.3 Å². The molecular formula is C19H27NO6. The Labute approximate surface area is 153 Å². The molecule has 0 radical (unpaired) electrons. The van der Waals surface area contributed by atoms with Crippen LogP contribution in [0.3, 0.4) is 0 Å². The fraction of sp³-hybridized carbons (Fsp3) is 0.632. The number of likely N-dealkylation sites (N-methyl/N-ethyl adjacent to an activating group) is 1. The highest BCUT2D eigenvalue weighted by Gasteiger charge is 2.40. The van der Waals surface area contributed by atoms with E-state index in [2.05, 4.69) is 0 Å². The third-order valence-corrected chi connectivity index (χ3v) is 5.15. The van der Waals surface area contributed by atoms with E-state index in [9.17, 15) is 19.5 Å². The van der Waals surface area contributed by atoms with Gasteiger partial charge >= 0.3 is 11.9 Å². The molecule has 0 saturated carbocycles. The molecule has 2 rings (SSSR count). The van der Waals surface area contributed by atoms with Crippen LogP contribution in [0.25, 0.3) is 0 Å². The number of hydrogen-bond donors (Lipinski definition) is 1. The number of cyclic esters (lactones) is 1. The SMILES string of the molecule is C/C=C1/C[C@@H](C)[C@@](C)(O)C(=O)OC/C2=C/CN(C)CC[C@H](OC1=O)C2=O. The Bertz CT molecular complexity index is 648. The lowest BCUT2D eigenvalue weighted by molar-refractivity contribution is -0.169. The number of rotatable bonds is 0. The van der Waals surface area contributed by atoms with Crippen molar-refractivity contribution in [1.29, 1.82) is 0 Å². The summed E-state index contributed by atoms with van der Waals surface area (Å²) in [5, 5.41) is 10.6. The van der Waals surface area contributed by atoms with Crippen molar-refractivity contribution < 1.29 is 29.0 Å². The van der Waals surface area contributed by atoms with Crippen LogP contribution in [0.5, 0.6) is 0 Å². The molecule has 0 aromatic heterocycles. The number of ether oxygens (including phenoxy) is 2. The minimum atomic E-state index is -1.78. The van der Waals surface area contributed by atoms with Gasteiger partial charge in [-0.15, -0.1) is 0 Å². The van der Waals surface area contributed by atoms with Gasteiger partial charge in [0.05, 0.1) is 0 Å². The first-order valence-corrected chi connectivity index (χ1v) is 8.84. The minimum Gasteiger partial charge on any atom is -0.459 e. The Morgan fingerprint density at radius 1 is 1.35 bits per heavy atom. The van der Waals surface area contributed by atoms with Gasteiger partial charge in [-0.1, -0.05) is 19.1 Å². The normalized spacial score (nSPS) is 36.0. The molecule has 2 bridgehead atoms. The number of fused-ring (bicyclic) bond motifs is 2. The molecule has 0 unspecified atom stereocenters. The van der Waals surface area contributed by atoms with Crippen molar-refractivity contribution >= 4 is 17.7 Å². The summed E-state index contributed by atoms with van der Waals surface area (Å²) >= 11 is 0. The molecule has 1 saturated heterocycles. The maximum Gasteiger partial charge on any atom is 0.338 e. The number of esters is 2. The van der Waals surface area contributed by atoms with Crippen LogP contribution in [0.1, 0.15) is 33.6 Å². The first-order chi connectivity index (χ1) is 12.2. The topological polar surface area (TPSA) is 93.1 Å². The van der Waals surface area contributed by atoms with Gasteiger partial charge in [0.1, 0.15) is 6.61 Å². The molecular weight excluding hydrogens is 338 g/mol. The van der Waals surface area contributed by atoms with Crippen LogP contribution in [0.4, 0.5) is 0 Å². The van der Waals surface area contributed by atoms with Crippen LogP contribution < -0.4 is 0 Å². The van der Waals surface area contributed by atoms with Crippen LogP contribution in [-0.4, -0.2) is 66.2 Å². The Balaban J connectivity index is 2.42. The smallest absolute Gasteiger partial charge is 0.338 e. The van der Waals surface area contributed by atoms with Crippen molar-refractivity contribution in [1.82, 2.24) is 4.90 Å². The molecule has 2 aliphatic rings. The molecule has 7 heteroatoms. The van der Waals surface area contributed by atoms with E-state index in [1.165, 1.54) is 6.92 Å². The van der Waals surface area contributed by atoms with E-state index in [-0.39, 0.29) is 24.4 Å². The Morgan fingerprint density at radius 3 is 2.69 bits per heavy atom. The Hall–Kier alpha value is -1.99. The number of hydrogen-bond acceptors (Lipinski definition) is 7. The third-order valence-electron chi connectivity index (χ3n) is 5.15. The van der Waals surface area contributed by atoms with Gasteiger partial charge in [-0.25, -0.2) is 9.59 Å². The van der Waals surface area contributed by atoms with Crippen molar-refractivity contribution in [3.05, 3.63) is 23.3 Å². The highest BCUT2D eigenvalue weighted by atomic mass is 16.6. The van der Waals surface area contributed by atoms with E-state index < -0.39 is 29.6 Å². The number of ketones is 1. The lowest BCUT2D eigenvalue weighted by Gasteiger charge is -2.31. The van der Waals surface area contributed by atoms with E-state index in [4.69, 9.17) is 9.47 Å². The second kappa shape index (κ2) is 8.14. The van der Waals surface area contributed by atoms with Gasteiger partial charge in [0, 0.05) is 30.7 Å². The Morgan fingerprint density at radius 2 is 2.04 bits per heavy atom. The lowest BCUT2D eigenvalue weighted by Crippen LogP contribution is -2.45. The van der Waals surface area contributed by atoms with Crippen LogP contribution in [-0.2, 0) is 23.9 Å². The molecule has 1 fully saturated rings. The zero-order valence-electron chi connectivity index (χ0n) is 15.8. The third kappa shape index (κ3) is 4.40. The molecule has 1 N–H and O–H groups in total. The molecule has 3 atom stereocenters. The summed E-state index contributed by atoms with van der Waals surface area (Å²) in [7, 11) is 1.89. The molecule has 0 amide bonds. The number of nitrogens with zero attached hydrogens (tertiary/aromatic N) is 1. The van der Waals surface area contributed by atoms with Crippen molar-refractivity contribution in [3.8, 4) is 0 Å². The van der Waals surface area contributed by atoms with Gasteiger partial charge in [0.15, 0.2) is 11.7 Å². The van der Waals surface area contributed by atoms with Gasteiger partial charge in [-0.2, -0.15) is 0 Å². The predicted octanol–water partition coefficient (Wildman–Crippen LogP) is 1.01. The molecule has 2 aliphatic heterocycles. The summed E-state index contributed by atoms with van der Waals surface area (Å²) in [6.45, 7) is 5.58. The van der Waals surface area contributed by atoms with Crippen molar-refractivity contribution in [3.63, 3.8) is 0 Å². The number of carbonyl (C=O) groups is 3. The summed E-state index contributed by atoms with van der Waals surface area (Å²) in [6, 6.07) is 0. The zero-order valence-corrected chi connectivity index (χ0v) is 15.8. The fourth-order valence-electron chi connectivity index (χ4n) is 2.92. The minimum absolute atomic E-state index is 0.140. The van der Waals surface area contributed by atoms with Crippen LogP contribution in [0.15, 0.2) is 23.3 Å². The molecule has 144 valence electrons. The van der Waals surface area contributed by atoms with Crippen LogP contribution in [0.2, 0.25) is 0 Å². The van der Waals surface area contributed by atoms with Crippen LogP contribution >= 0.6 is 0 Å². The van der Waals surface area contributed by atoms with E-state index in [0.29, 0.717) is 25.1 Å². The van der Waals surface area contributed by atoms with Crippen molar-refractivity contribution in [2.75, 3.05) is 26.7 Å². The summed E-state index contributed by atoms with van der Waals surface area (Å²) in [4.78, 5) is 39.7. The van der Waals surface area contributed by atoms with E-state index in [1.807, 2.05) is 11.9 Å². The summed E-state index contributed by atoms with van der Waals surface area (Å²) in [5.74, 6) is -2.32. The van der Waals surface area contributed by atoms with Crippen LogP contribution in [0, 0.1) is 5.92 Å². The monoisotopic (exact) mass is 365 g/mol. The molecule has 0 aliphatic carbocycles. The lowest BCUT2D eigenvalue weighted by atomic mass is 9.85. The molecule has 0 spiro atoms. The van der Waals surface area contributed by atoms with Gasteiger partial charge in [-0.3, -0.25) is 4.79 Å². The van der Waals surface area contributed by atoms with E-state index >= 15 is 0 Å². The number of carbonyl (C=O) groups excluding carboxylic acids is 3. The van der Waals surface area contributed by atoms with Crippen molar-refractivity contribution in [2.24, 2.45) is 5.92 Å². The molecule has 0 aromatic rings. The summed E-state index contributed by atoms with van der Waals surface area (Å²) in [5.41, 5.74) is -1.19. The van der Waals surface area contributed by atoms with Gasteiger partial charge in [0.25, 0.3) is 0 Å². The highest BCUT2D eigenvalue weighted by molar-refractivity contribution is 6.01. The fourth-order valence-corrected chi connectivity index (χ4v) is 2.92. The Kier molecular flexibility index (Phi) is 6.36. The molecule has 26 heavy (non-hydrogen) atoms. The number of Topliss-reactive ketones (excluding diaryl/α,β-unsaturated/α-hetero) is 1. The predicted molar refractivity (Wildman–Crippen MR) is 94.2 cm³/mol. The zero-order chi connectivity index (χ0) is 19.5. The number of allylic oxidation sites excluding steroid dienone is 1. The second-order valence-corrected chi connectivity index (χ2v) is 7.18. The first kappa shape index (κ1) is 20.3. The maximum atomic E-state index is 12.8. The average Bonchev–Trinajstić information content (AvgIpc) is 2.59. The average molecular weight is 365 g/mol. The standard InChI is InChI=1S/C19H27NO6/c1-5-13-10-12(2)19(3,24)18(23)25-11-14-6-8-20(4)9-7-15(16(14)21)26-17(13)22/h5-6,12,15,24H,7-11H2,1-4H3/b13-5-,14-6-/t12-,15+,19-/m1/s1. The van der Waals surface area contributed by atoms with E-state index in [1.54, 1.807) is 26.0 Å². The molecule has 0 aromatic carbocycles. The highest BCUT2D eigenvalue weighted by Crippen LogP contribution is 2.27. The molecule has 7 nitrogen and oxygen atoms in total. The van der Waals surface area contributed by atoms with Gasteiger partial charge in [-0.05, 0) is 33.2 Å². The molecule has 2 heterocycles. The van der Waals surface area contributed by atoms with E-state index in [0.717, 1.165) is 0 Å². The summed E-state index contributed by atoms with van der Waals surface area (Å²) < 4.78 is 10.7. The quantitative estimate of drug-likeness (QED) is 0.506. The second-order valence-electron chi connectivity index (χ2n) is 7.18. The van der Waals surface area contributed by atoms with Gasteiger partial charge in [0.2, 0.25) is 5.78 Å². The maximum absolute atomic E-state index is 12.8.